The van der Waals surface area contributed by atoms with Crippen LogP contribution in [0.15, 0.2) is 24.3 Å². The van der Waals surface area contributed by atoms with Crippen molar-refractivity contribution in [2.75, 3.05) is 0 Å². The Morgan fingerprint density at radius 2 is 2.11 bits per heavy atom. The number of rotatable bonds is 4. The molecule has 0 saturated heterocycles. The molecule has 2 rings (SSSR count). The normalized spacial score (nSPS) is 23.3. The number of nitrogens with one attached hydrogen (secondary N) is 1. The van der Waals surface area contributed by atoms with Gasteiger partial charge >= 0.3 is 0 Å². The molecular formula is C17H24N2. The molecule has 2 unspecified atom stereocenters. The summed E-state index contributed by atoms with van der Waals surface area (Å²) >= 11 is 0. The van der Waals surface area contributed by atoms with E-state index in [4.69, 9.17) is 5.26 Å². The van der Waals surface area contributed by atoms with Gasteiger partial charge in [-0.15, -0.1) is 0 Å². The van der Waals surface area contributed by atoms with Gasteiger partial charge in [-0.25, -0.2) is 0 Å². The van der Waals surface area contributed by atoms with Gasteiger partial charge in [0, 0.05) is 12.6 Å². The maximum Gasteiger partial charge on any atom is 0.0991 e. The van der Waals surface area contributed by atoms with Crippen LogP contribution in [-0.4, -0.2) is 6.04 Å². The Hall–Kier alpha value is -1.33. The molecule has 1 fully saturated rings. The summed E-state index contributed by atoms with van der Waals surface area (Å²) in [7, 11) is 0. The Morgan fingerprint density at radius 3 is 2.84 bits per heavy atom. The first kappa shape index (κ1) is 14.1. The summed E-state index contributed by atoms with van der Waals surface area (Å²) in [6.07, 6.45) is 5.37. The van der Waals surface area contributed by atoms with E-state index in [0.717, 1.165) is 23.9 Å². The number of benzene rings is 1. The molecule has 2 nitrogen and oxygen atoms in total. The van der Waals surface area contributed by atoms with Gasteiger partial charge in [0.1, 0.15) is 0 Å². The first-order valence-electron chi connectivity index (χ1n) is 7.43. The number of hydrogen-bond acceptors (Lipinski definition) is 2. The molecule has 2 atom stereocenters. The Balaban J connectivity index is 1.95. The lowest BCUT2D eigenvalue weighted by Gasteiger charge is -2.35. The maximum absolute atomic E-state index is 8.92. The largest absolute Gasteiger partial charge is 0.310 e. The van der Waals surface area contributed by atoms with E-state index in [2.05, 4.69) is 31.3 Å². The molecule has 1 N–H and O–H groups in total. The molecule has 0 spiro atoms. The first-order valence-corrected chi connectivity index (χ1v) is 7.43. The standard InChI is InChI=1S/C17H24N2/c1-13(2)16-8-3-4-9-17(16)19-12-15-7-5-6-14(10-15)11-18/h5-7,10,13,16-17,19H,3-4,8-9,12H2,1-2H3. The zero-order chi connectivity index (χ0) is 13.7. The van der Waals surface area contributed by atoms with Crippen LogP contribution in [0.5, 0.6) is 0 Å². The van der Waals surface area contributed by atoms with Crippen LogP contribution in [0.3, 0.4) is 0 Å². The van der Waals surface area contributed by atoms with Gasteiger partial charge < -0.3 is 5.32 Å². The minimum absolute atomic E-state index is 0.638. The van der Waals surface area contributed by atoms with E-state index in [1.54, 1.807) is 0 Å². The molecule has 2 heteroatoms. The summed E-state index contributed by atoms with van der Waals surface area (Å²) in [5.74, 6) is 1.55. The monoisotopic (exact) mass is 256 g/mol. The lowest BCUT2D eigenvalue weighted by atomic mass is 9.78. The zero-order valence-corrected chi connectivity index (χ0v) is 12.0. The lowest BCUT2D eigenvalue weighted by Crippen LogP contribution is -2.40. The molecule has 1 aromatic carbocycles. The second-order valence-electron chi connectivity index (χ2n) is 5.99. The van der Waals surface area contributed by atoms with Gasteiger partial charge in [0.05, 0.1) is 11.6 Å². The maximum atomic E-state index is 8.92. The van der Waals surface area contributed by atoms with Crippen molar-refractivity contribution in [1.29, 1.82) is 5.26 Å². The third-order valence-electron chi connectivity index (χ3n) is 4.30. The van der Waals surface area contributed by atoms with Gasteiger partial charge in [0.15, 0.2) is 0 Å². The minimum Gasteiger partial charge on any atom is -0.310 e. The summed E-state index contributed by atoms with van der Waals surface area (Å²) in [6.45, 7) is 5.55. The molecule has 0 heterocycles. The number of nitriles is 1. The molecule has 0 aromatic heterocycles. The van der Waals surface area contributed by atoms with Crippen molar-refractivity contribution in [3.8, 4) is 6.07 Å². The van der Waals surface area contributed by atoms with Crippen LogP contribution < -0.4 is 5.32 Å². The van der Waals surface area contributed by atoms with Gasteiger partial charge in [-0.05, 0) is 42.4 Å². The van der Waals surface area contributed by atoms with Gasteiger partial charge in [0.2, 0.25) is 0 Å². The molecule has 0 aliphatic heterocycles. The van der Waals surface area contributed by atoms with Gasteiger partial charge in [-0.3, -0.25) is 0 Å². The van der Waals surface area contributed by atoms with Crippen LogP contribution in [0, 0.1) is 23.2 Å². The summed E-state index contributed by atoms with van der Waals surface area (Å²) in [5.41, 5.74) is 1.97. The lowest BCUT2D eigenvalue weighted by molar-refractivity contribution is 0.204. The molecule has 0 bridgehead atoms. The number of nitrogens with zero attached hydrogens (tertiary/aromatic N) is 1. The van der Waals surface area contributed by atoms with Crippen molar-refractivity contribution in [3.63, 3.8) is 0 Å². The van der Waals surface area contributed by atoms with E-state index in [1.807, 2.05) is 18.2 Å². The highest BCUT2D eigenvalue weighted by atomic mass is 14.9. The molecular weight excluding hydrogens is 232 g/mol. The van der Waals surface area contributed by atoms with Gasteiger partial charge in [0.25, 0.3) is 0 Å². The van der Waals surface area contributed by atoms with Crippen molar-refractivity contribution in [3.05, 3.63) is 35.4 Å². The third kappa shape index (κ3) is 3.81. The van der Waals surface area contributed by atoms with Crippen LogP contribution >= 0.6 is 0 Å². The number of hydrogen-bond donors (Lipinski definition) is 1. The van der Waals surface area contributed by atoms with Crippen LogP contribution in [-0.2, 0) is 6.54 Å². The molecule has 1 aliphatic carbocycles. The Morgan fingerprint density at radius 1 is 1.32 bits per heavy atom. The fourth-order valence-corrected chi connectivity index (χ4v) is 3.21. The average Bonchev–Trinajstić information content (AvgIpc) is 2.45. The van der Waals surface area contributed by atoms with Crippen LogP contribution in [0.25, 0.3) is 0 Å². The third-order valence-corrected chi connectivity index (χ3v) is 4.30. The zero-order valence-electron chi connectivity index (χ0n) is 12.0. The highest BCUT2D eigenvalue weighted by Crippen LogP contribution is 2.30. The summed E-state index contributed by atoms with van der Waals surface area (Å²) in [4.78, 5) is 0. The van der Waals surface area contributed by atoms with E-state index in [-0.39, 0.29) is 0 Å². The van der Waals surface area contributed by atoms with Crippen LogP contribution in [0.1, 0.15) is 50.7 Å². The predicted octanol–water partition coefficient (Wildman–Crippen LogP) is 3.86. The molecule has 0 amide bonds. The van der Waals surface area contributed by atoms with Crippen molar-refractivity contribution in [2.45, 2.75) is 52.1 Å². The smallest absolute Gasteiger partial charge is 0.0991 e. The molecule has 19 heavy (non-hydrogen) atoms. The van der Waals surface area contributed by atoms with Crippen molar-refractivity contribution in [2.24, 2.45) is 11.8 Å². The average molecular weight is 256 g/mol. The Kier molecular flexibility index (Phi) is 4.99. The second kappa shape index (κ2) is 6.73. The van der Waals surface area contributed by atoms with E-state index >= 15 is 0 Å². The molecule has 1 saturated carbocycles. The Bertz CT molecular complexity index is 445. The predicted molar refractivity (Wildman–Crippen MR) is 78.6 cm³/mol. The molecule has 1 aliphatic rings. The topological polar surface area (TPSA) is 35.8 Å². The molecule has 102 valence electrons. The quantitative estimate of drug-likeness (QED) is 0.888. The fourth-order valence-electron chi connectivity index (χ4n) is 3.21. The van der Waals surface area contributed by atoms with Crippen molar-refractivity contribution in [1.82, 2.24) is 5.32 Å². The van der Waals surface area contributed by atoms with Crippen molar-refractivity contribution < 1.29 is 0 Å². The minimum atomic E-state index is 0.638. The summed E-state index contributed by atoms with van der Waals surface area (Å²) in [6, 6.07) is 10.8. The molecule has 0 radical (unpaired) electrons. The van der Waals surface area contributed by atoms with E-state index < -0.39 is 0 Å². The highest BCUT2D eigenvalue weighted by molar-refractivity contribution is 5.32. The fraction of sp³-hybridized carbons (Fsp3) is 0.588. The van der Waals surface area contributed by atoms with Crippen molar-refractivity contribution >= 4 is 0 Å². The molecule has 1 aromatic rings. The Labute approximate surface area is 116 Å². The van der Waals surface area contributed by atoms with Crippen LogP contribution in [0.2, 0.25) is 0 Å². The van der Waals surface area contributed by atoms with Gasteiger partial charge in [-0.1, -0.05) is 38.8 Å². The van der Waals surface area contributed by atoms with E-state index in [1.165, 1.54) is 31.2 Å². The highest BCUT2D eigenvalue weighted by Gasteiger charge is 2.26. The first-order chi connectivity index (χ1) is 9.20. The summed E-state index contributed by atoms with van der Waals surface area (Å²) < 4.78 is 0. The second-order valence-corrected chi connectivity index (χ2v) is 5.99. The van der Waals surface area contributed by atoms with Gasteiger partial charge in [-0.2, -0.15) is 5.26 Å². The van der Waals surface area contributed by atoms with Crippen LogP contribution in [0.4, 0.5) is 0 Å². The summed E-state index contributed by atoms with van der Waals surface area (Å²) in [5, 5.41) is 12.6. The van der Waals surface area contributed by atoms with E-state index in [0.29, 0.717) is 6.04 Å². The SMILES string of the molecule is CC(C)C1CCCCC1NCc1cccc(C#N)c1. The van der Waals surface area contributed by atoms with E-state index in [9.17, 15) is 0 Å².